The molecular weight excluding hydrogens is 230 g/mol. The van der Waals surface area contributed by atoms with Crippen molar-refractivity contribution in [3.8, 4) is 0 Å². The highest BCUT2D eigenvalue weighted by Crippen LogP contribution is 2.25. The minimum atomic E-state index is 0.522. The number of hydrogen-bond acceptors (Lipinski definition) is 4. The van der Waals surface area contributed by atoms with Crippen LogP contribution in [0.5, 0.6) is 0 Å². The summed E-state index contributed by atoms with van der Waals surface area (Å²) in [7, 11) is 2.12. The van der Waals surface area contributed by atoms with Gasteiger partial charge in [-0.05, 0) is 12.8 Å². The standard InChI is InChI=1S/C13H25N3S/c1-9(2)8-16(6)13-15-11(5)12(17-13)7-14-10(3)4/h9-10,14H,7-8H2,1-6H3. The summed E-state index contributed by atoms with van der Waals surface area (Å²) in [5.74, 6) is 0.668. The van der Waals surface area contributed by atoms with E-state index in [-0.39, 0.29) is 0 Å². The molecule has 0 aromatic carbocycles. The van der Waals surface area contributed by atoms with Crippen molar-refractivity contribution in [2.24, 2.45) is 5.92 Å². The van der Waals surface area contributed by atoms with Crippen LogP contribution in [0.2, 0.25) is 0 Å². The number of nitrogens with one attached hydrogen (secondary N) is 1. The van der Waals surface area contributed by atoms with Gasteiger partial charge in [-0.3, -0.25) is 0 Å². The molecule has 0 spiro atoms. The van der Waals surface area contributed by atoms with Crippen molar-refractivity contribution in [1.82, 2.24) is 10.3 Å². The van der Waals surface area contributed by atoms with Gasteiger partial charge in [-0.2, -0.15) is 0 Å². The van der Waals surface area contributed by atoms with Crippen molar-refractivity contribution in [1.29, 1.82) is 0 Å². The van der Waals surface area contributed by atoms with Crippen molar-refractivity contribution < 1.29 is 0 Å². The smallest absolute Gasteiger partial charge is 0.185 e. The average molecular weight is 255 g/mol. The van der Waals surface area contributed by atoms with Gasteiger partial charge in [0.15, 0.2) is 5.13 Å². The number of rotatable bonds is 6. The van der Waals surface area contributed by atoms with E-state index >= 15 is 0 Å². The maximum absolute atomic E-state index is 4.65. The van der Waals surface area contributed by atoms with Crippen LogP contribution in [0.1, 0.15) is 38.3 Å². The van der Waals surface area contributed by atoms with E-state index in [4.69, 9.17) is 0 Å². The van der Waals surface area contributed by atoms with Crippen molar-refractivity contribution in [2.45, 2.75) is 47.2 Å². The fourth-order valence-corrected chi connectivity index (χ4v) is 2.64. The fraction of sp³-hybridized carbons (Fsp3) is 0.769. The summed E-state index contributed by atoms with van der Waals surface area (Å²) in [4.78, 5) is 8.25. The van der Waals surface area contributed by atoms with Gasteiger partial charge < -0.3 is 10.2 Å². The van der Waals surface area contributed by atoms with Crippen LogP contribution in [0.3, 0.4) is 0 Å². The maximum Gasteiger partial charge on any atom is 0.185 e. The SMILES string of the molecule is Cc1nc(N(C)CC(C)C)sc1CNC(C)C. The first kappa shape index (κ1) is 14.5. The van der Waals surface area contributed by atoms with E-state index in [1.54, 1.807) is 11.3 Å². The summed E-state index contributed by atoms with van der Waals surface area (Å²) in [5.41, 5.74) is 1.16. The van der Waals surface area contributed by atoms with E-state index in [2.05, 4.69) is 56.9 Å². The lowest BCUT2D eigenvalue weighted by atomic mass is 10.2. The molecule has 3 nitrogen and oxygen atoms in total. The number of aryl methyl sites for hydroxylation is 1. The van der Waals surface area contributed by atoms with Crippen LogP contribution in [0.15, 0.2) is 0 Å². The van der Waals surface area contributed by atoms with Crippen molar-refractivity contribution in [2.75, 3.05) is 18.5 Å². The second-order valence-corrected chi connectivity index (χ2v) is 6.38. The molecule has 0 atom stereocenters. The van der Waals surface area contributed by atoms with Crippen LogP contribution in [-0.2, 0) is 6.54 Å². The highest BCUT2D eigenvalue weighted by molar-refractivity contribution is 7.15. The third kappa shape index (κ3) is 4.64. The zero-order chi connectivity index (χ0) is 13.0. The van der Waals surface area contributed by atoms with Crippen molar-refractivity contribution in [3.63, 3.8) is 0 Å². The van der Waals surface area contributed by atoms with Gasteiger partial charge in [0.05, 0.1) is 5.69 Å². The van der Waals surface area contributed by atoms with Crippen molar-refractivity contribution in [3.05, 3.63) is 10.6 Å². The van der Waals surface area contributed by atoms with Gasteiger partial charge in [-0.15, -0.1) is 11.3 Å². The first-order valence-corrected chi connectivity index (χ1v) is 7.12. The van der Waals surface area contributed by atoms with Gasteiger partial charge in [-0.1, -0.05) is 27.7 Å². The van der Waals surface area contributed by atoms with Gasteiger partial charge in [0.2, 0.25) is 0 Å². The molecule has 4 heteroatoms. The van der Waals surface area contributed by atoms with Crippen LogP contribution in [0.25, 0.3) is 0 Å². The fourth-order valence-electron chi connectivity index (χ4n) is 1.66. The molecule has 17 heavy (non-hydrogen) atoms. The maximum atomic E-state index is 4.65. The van der Waals surface area contributed by atoms with Crippen LogP contribution in [0.4, 0.5) is 5.13 Å². The van der Waals surface area contributed by atoms with E-state index in [1.165, 1.54) is 4.88 Å². The first-order valence-electron chi connectivity index (χ1n) is 6.31. The lowest BCUT2D eigenvalue weighted by molar-refractivity contribution is 0.591. The van der Waals surface area contributed by atoms with Gasteiger partial charge in [0.1, 0.15) is 0 Å². The number of hydrogen-bond donors (Lipinski definition) is 1. The summed E-state index contributed by atoms with van der Waals surface area (Å²) >= 11 is 1.80. The van der Waals surface area contributed by atoms with Gasteiger partial charge in [0.25, 0.3) is 0 Å². The highest BCUT2D eigenvalue weighted by atomic mass is 32.1. The Morgan fingerprint density at radius 2 is 1.94 bits per heavy atom. The molecular formula is C13H25N3S. The lowest BCUT2D eigenvalue weighted by Gasteiger charge is -2.17. The van der Waals surface area contributed by atoms with E-state index in [1.807, 2.05) is 0 Å². The third-order valence-electron chi connectivity index (χ3n) is 2.52. The second-order valence-electron chi connectivity index (χ2n) is 5.31. The van der Waals surface area contributed by atoms with Crippen LogP contribution < -0.4 is 10.2 Å². The molecule has 0 bridgehead atoms. The number of aromatic nitrogens is 1. The monoisotopic (exact) mass is 255 g/mol. The summed E-state index contributed by atoms with van der Waals surface area (Å²) in [5, 5.41) is 4.58. The molecule has 0 saturated heterocycles. The summed E-state index contributed by atoms with van der Waals surface area (Å²) < 4.78 is 0. The quantitative estimate of drug-likeness (QED) is 0.847. The molecule has 0 unspecified atom stereocenters. The van der Waals surface area contributed by atoms with Crippen molar-refractivity contribution >= 4 is 16.5 Å². The Balaban J connectivity index is 2.66. The summed E-state index contributed by atoms with van der Waals surface area (Å²) in [6.45, 7) is 12.9. The molecule has 0 saturated carbocycles. The molecule has 1 aromatic heterocycles. The zero-order valence-corrected chi connectivity index (χ0v) is 12.7. The molecule has 0 aliphatic rings. The van der Waals surface area contributed by atoms with E-state index in [0.29, 0.717) is 12.0 Å². The third-order valence-corrected chi connectivity index (χ3v) is 3.79. The molecule has 1 heterocycles. The molecule has 1 N–H and O–H groups in total. The molecule has 1 aromatic rings. The zero-order valence-electron chi connectivity index (χ0n) is 11.9. The Morgan fingerprint density at radius 1 is 1.29 bits per heavy atom. The van der Waals surface area contributed by atoms with E-state index in [9.17, 15) is 0 Å². The van der Waals surface area contributed by atoms with Crippen LogP contribution in [0, 0.1) is 12.8 Å². The normalized spacial score (nSPS) is 11.5. The second kappa shape index (κ2) is 6.36. The van der Waals surface area contributed by atoms with Gasteiger partial charge >= 0.3 is 0 Å². The van der Waals surface area contributed by atoms with Gasteiger partial charge in [-0.25, -0.2) is 4.98 Å². The molecule has 0 fully saturated rings. The Hall–Kier alpha value is -0.610. The molecule has 98 valence electrons. The minimum Gasteiger partial charge on any atom is -0.351 e. The Kier molecular flexibility index (Phi) is 5.40. The number of thiazole rings is 1. The Morgan fingerprint density at radius 3 is 2.47 bits per heavy atom. The van der Waals surface area contributed by atoms with E-state index in [0.717, 1.165) is 23.9 Å². The molecule has 0 amide bonds. The first-order chi connectivity index (χ1) is 7.90. The van der Waals surface area contributed by atoms with Gasteiger partial charge in [0, 0.05) is 31.1 Å². The Labute approximate surface area is 109 Å². The number of nitrogens with zero attached hydrogens (tertiary/aromatic N) is 2. The molecule has 0 aliphatic carbocycles. The number of anilines is 1. The summed E-state index contributed by atoms with van der Waals surface area (Å²) in [6, 6.07) is 0.522. The topological polar surface area (TPSA) is 28.2 Å². The molecule has 0 aliphatic heterocycles. The largest absolute Gasteiger partial charge is 0.351 e. The lowest BCUT2D eigenvalue weighted by Crippen LogP contribution is -2.22. The molecule has 1 rings (SSSR count). The predicted octanol–water partition coefficient (Wildman–Crippen LogP) is 3.04. The highest BCUT2D eigenvalue weighted by Gasteiger charge is 2.12. The van der Waals surface area contributed by atoms with Crippen LogP contribution >= 0.6 is 11.3 Å². The minimum absolute atomic E-state index is 0.522. The summed E-state index contributed by atoms with van der Waals surface area (Å²) in [6.07, 6.45) is 0. The molecule has 0 radical (unpaired) electrons. The Bertz CT molecular complexity index is 344. The van der Waals surface area contributed by atoms with Crippen LogP contribution in [-0.4, -0.2) is 24.6 Å². The average Bonchev–Trinajstić information content (AvgIpc) is 2.56. The predicted molar refractivity (Wildman–Crippen MR) is 76.9 cm³/mol. The van der Waals surface area contributed by atoms with E-state index < -0.39 is 0 Å².